The smallest absolute Gasteiger partial charge is 0.126 e. The van der Waals surface area contributed by atoms with Crippen LogP contribution in [0.5, 0.6) is 0 Å². The molecule has 0 radical (unpaired) electrons. The van der Waals surface area contributed by atoms with E-state index in [0.29, 0.717) is 6.04 Å². The molecule has 1 N–H and O–H groups in total. The third kappa shape index (κ3) is 2.39. The molecule has 0 amide bonds. The minimum atomic E-state index is 0.498. The second-order valence-corrected chi connectivity index (χ2v) is 4.42. The molecule has 2 aromatic rings. The Morgan fingerprint density at radius 3 is 2.76 bits per heavy atom. The van der Waals surface area contributed by atoms with Crippen LogP contribution in [0.3, 0.4) is 0 Å². The largest absolute Gasteiger partial charge is 0.381 e. The Hall–Kier alpha value is -1.61. The predicted octanol–water partition coefficient (Wildman–Crippen LogP) is 2.83. The van der Waals surface area contributed by atoms with Crippen LogP contribution in [0, 0.1) is 0 Å². The summed E-state index contributed by atoms with van der Waals surface area (Å²) < 4.78 is 5.35. The zero-order valence-corrected chi connectivity index (χ0v) is 9.73. The van der Waals surface area contributed by atoms with Crippen LogP contribution in [0.15, 0.2) is 36.4 Å². The third-order valence-corrected chi connectivity index (χ3v) is 3.17. The molecule has 1 aromatic carbocycles. The highest BCUT2D eigenvalue weighted by Crippen LogP contribution is 2.17. The zero-order chi connectivity index (χ0) is 11.5. The van der Waals surface area contributed by atoms with Crippen LogP contribution in [-0.4, -0.2) is 24.2 Å². The molecule has 1 aliphatic heterocycles. The number of rotatable bonds is 2. The van der Waals surface area contributed by atoms with Crippen molar-refractivity contribution in [3.63, 3.8) is 0 Å². The van der Waals surface area contributed by atoms with Crippen molar-refractivity contribution in [3.05, 3.63) is 36.4 Å². The van der Waals surface area contributed by atoms with Gasteiger partial charge in [-0.3, -0.25) is 0 Å². The second kappa shape index (κ2) is 4.72. The fraction of sp³-hybridized carbons (Fsp3) is 0.357. The standard InChI is InChI=1S/C14H16N2O/c1-2-4-13-11(3-1)5-6-14(16-13)15-12-7-9-17-10-8-12/h1-6,12H,7-10H2,(H,15,16). The van der Waals surface area contributed by atoms with E-state index in [1.807, 2.05) is 18.2 Å². The fourth-order valence-corrected chi connectivity index (χ4v) is 2.20. The van der Waals surface area contributed by atoms with Gasteiger partial charge in [0, 0.05) is 24.6 Å². The van der Waals surface area contributed by atoms with Gasteiger partial charge in [-0.2, -0.15) is 0 Å². The summed E-state index contributed by atoms with van der Waals surface area (Å²) in [5.41, 5.74) is 1.05. The molecule has 2 heterocycles. The number of anilines is 1. The molecule has 0 bridgehead atoms. The normalized spacial score (nSPS) is 17.2. The molecular weight excluding hydrogens is 212 g/mol. The van der Waals surface area contributed by atoms with E-state index in [1.54, 1.807) is 0 Å². The quantitative estimate of drug-likeness (QED) is 0.858. The first kappa shape index (κ1) is 10.5. The van der Waals surface area contributed by atoms with E-state index >= 15 is 0 Å². The lowest BCUT2D eigenvalue weighted by molar-refractivity contribution is 0.0904. The van der Waals surface area contributed by atoms with Crippen molar-refractivity contribution in [2.45, 2.75) is 18.9 Å². The maximum atomic E-state index is 5.35. The number of pyridine rings is 1. The van der Waals surface area contributed by atoms with Gasteiger partial charge in [0.1, 0.15) is 5.82 Å². The molecule has 3 rings (SSSR count). The van der Waals surface area contributed by atoms with Gasteiger partial charge in [0.25, 0.3) is 0 Å². The van der Waals surface area contributed by atoms with Crippen molar-refractivity contribution in [2.24, 2.45) is 0 Å². The molecule has 1 fully saturated rings. The lowest BCUT2D eigenvalue weighted by atomic mass is 10.1. The first-order chi connectivity index (χ1) is 8.42. The van der Waals surface area contributed by atoms with Crippen LogP contribution < -0.4 is 5.32 Å². The first-order valence-corrected chi connectivity index (χ1v) is 6.12. The molecule has 17 heavy (non-hydrogen) atoms. The van der Waals surface area contributed by atoms with Gasteiger partial charge < -0.3 is 10.1 Å². The highest BCUT2D eigenvalue weighted by Gasteiger charge is 2.13. The molecular formula is C14H16N2O. The minimum Gasteiger partial charge on any atom is -0.381 e. The maximum Gasteiger partial charge on any atom is 0.126 e. The SMILES string of the molecule is c1ccc2nc(NC3CCOCC3)ccc2c1. The van der Waals surface area contributed by atoms with Crippen molar-refractivity contribution >= 4 is 16.7 Å². The summed E-state index contributed by atoms with van der Waals surface area (Å²) in [7, 11) is 0. The fourth-order valence-electron chi connectivity index (χ4n) is 2.20. The van der Waals surface area contributed by atoms with Crippen molar-refractivity contribution in [1.82, 2.24) is 4.98 Å². The summed E-state index contributed by atoms with van der Waals surface area (Å²) in [5, 5.41) is 4.67. The van der Waals surface area contributed by atoms with E-state index in [-0.39, 0.29) is 0 Å². The van der Waals surface area contributed by atoms with E-state index in [0.717, 1.165) is 37.4 Å². The number of benzene rings is 1. The molecule has 0 spiro atoms. The predicted molar refractivity (Wildman–Crippen MR) is 69.2 cm³/mol. The number of hydrogen-bond acceptors (Lipinski definition) is 3. The van der Waals surface area contributed by atoms with Gasteiger partial charge in [-0.15, -0.1) is 0 Å². The highest BCUT2D eigenvalue weighted by molar-refractivity contribution is 5.80. The van der Waals surface area contributed by atoms with E-state index in [9.17, 15) is 0 Å². The van der Waals surface area contributed by atoms with Gasteiger partial charge >= 0.3 is 0 Å². The lowest BCUT2D eigenvalue weighted by Gasteiger charge is -2.23. The monoisotopic (exact) mass is 228 g/mol. The average molecular weight is 228 g/mol. The Bertz CT molecular complexity index is 506. The van der Waals surface area contributed by atoms with Crippen LogP contribution in [0.25, 0.3) is 10.9 Å². The van der Waals surface area contributed by atoms with Gasteiger partial charge in [0.15, 0.2) is 0 Å². The Labute approximate surface area is 101 Å². The minimum absolute atomic E-state index is 0.498. The van der Waals surface area contributed by atoms with Crippen molar-refractivity contribution in [2.75, 3.05) is 18.5 Å². The topological polar surface area (TPSA) is 34.2 Å². The van der Waals surface area contributed by atoms with Crippen LogP contribution in [-0.2, 0) is 4.74 Å². The molecule has 1 saturated heterocycles. The van der Waals surface area contributed by atoms with Crippen LogP contribution in [0.1, 0.15) is 12.8 Å². The van der Waals surface area contributed by atoms with E-state index in [1.165, 1.54) is 5.39 Å². The average Bonchev–Trinajstić information content (AvgIpc) is 2.40. The van der Waals surface area contributed by atoms with E-state index in [2.05, 4.69) is 28.5 Å². The molecule has 0 atom stereocenters. The van der Waals surface area contributed by atoms with Gasteiger partial charge in [-0.05, 0) is 31.0 Å². The molecule has 1 aliphatic rings. The third-order valence-electron chi connectivity index (χ3n) is 3.17. The highest BCUT2D eigenvalue weighted by atomic mass is 16.5. The molecule has 88 valence electrons. The summed E-state index contributed by atoms with van der Waals surface area (Å²) >= 11 is 0. The lowest BCUT2D eigenvalue weighted by Crippen LogP contribution is -2.28. The van der Waals surface area contributed by atoms with Crippen LogP contribution in [0.4, 0.5) is 5.82 Å². The van der Waals surface area contributed by atoms with Crippen molar-refractivity contribution < 1.29 is 4.74 Å². The molecule has 3 heteroatoms. The van der Waals surface area contributed by atoms with Gasteiger partial charge in [-0.25, -0.2) is 4.98 Å². The Kier molecular flexibility index (Phi) is 2.92. The molecule has 0 unspecified atom stereocenters. The number of para-hydroxylation sites is 1. The van der Waals surface area contributed by atoms with Gasteiger partial charge in [0.2, 0.25) is 0 Å². The number of fused-ring (bicyclic) bond motifs is 1. The maximum absolute atomic E-state index is 5.35. The summed E-state index contributed by atoms with van der Waals surface area (Å²) in [4.78, 5) is 4.62. The summed E-state index contributed by atoms with van der Waals surface area (Å²) in [6.07, 6.45) is 2.13. The molecule has 3 nitrogen and oxygen atoms in total. The van der Waals surface area contributed by atoms with E-state index in [4.69, 9.17) is 4.74 Å². The van der Waals surface area contributed by atoms with Crippen molar-refractivity contribution in [1.29, 1.82) is 0 Å². The van der Waals surface area contributed by atoms with Gasteiger partial charge in [-0.1, -0.05) is 18.2 Å². The summed E-state index contributed by atoms with van der Waals surface area (Å²) in [6.45, 7) is 1.70. The number of aromatic nitrogens is 1. The van der Waals surface area contributed by atoms with E-state index < -0.39 is 0 Å². The molecule has 0 saturated carbocycles. The number of nitrogens with one attached hydrogen (secondary N) is 1. The van der Waals surface area contributed by atoms with Gasteiger partial charge in [0.05, 0.1) is 5.52 Å². The Morgan fingerprint density at radius 1 is 1.06 bits per heavy atom. The Balaban J connectivity index is 1.80. The number of hydrogen-bond donors (Lipinski definition) is 1. The number of ether oxygens (including phenoxy) is 1. The summed E-state index contributed by atoms with van der Waals surface area (Å²) in [6, 6.07) is 12.9. The Morgan fingerprint density at radius 2 is 1.88 bits per heavy atom. The zero-order valence-electron chi connectivity index (χ0n) is 9.73. The van der Waals surface area contributed by atoms with Crippen LogP contribution >= 0.6 is 0 Å². The summed E-state index contributed by atoms with van der Waals surface area (Å²) in [5.74, 6) is 0.968. The second-order valence-electron chi connectivity index (χ2n) is 4.42. The molecule has 0 aliphatic carbocycles. The first-order valence-electron chi connectivity index (χ1n) is 6.12. The molecule has 1 aromatic heterocycles. The van der Waals surface area contributed by atoms with Crippen molar-refractivity contribution in [3.8, 4) is 0 Å². The van der Waals surface area contributed by atoms with Crippen LogP contribution in [0.2, 0.25) is 0 Å². The number of nitrogens with zero attached hydrogens (tertiary/aromatic N) is 1.